The lowest BCUT2D eigenvalue weighted by molar-refractivity contribution is -0.116. The molecule has 1 aromatic carbocycles. The fourth-order valence-corrected chi connectivity index (χ4v) is 2.66. The third-order valence-electron chi connectivity index (χ3n) is 3.92. The first-order valence-electron chi connectivity index (χ1n) is 8.08. The summed E-state index contributed by atoms with van der Waals surface area (Å²) in [4.78, 5) is 11.7. The largest absolute Gasteiger partial charge is 0.488 e. The monoisotopic (exact) mass is 342 g/mol. The average Bonchev–Trinajstić information content (AvgIpc) is 2.52. The second kappa shape index (κ2) is 10.5. The zero-order valence-corrected chi connectivity index (χ0v) is 14.4. The minimum Gasteiger partial charge on any atom is -0.488 e. The van der Waals surface area contributed by atoms with Crippen molar-refractivity contribution in [1.82, 2.24) is 5.32 Å². The van der Waals surface area contributed by atoms with Crippen molar-refractivity contribution >= 4 is 24.0 Å². The van der Waals surface area contributed by atoms with E-state index in [1.54, 1.807) is 0 Å². The van der Waals surface area contributed by atoms with Crippen LogP contribution in [-0.2, 0) is 4.79 Å². The molecule has 0 saturated heterocycles. The van der Waals surface area contributed by atoms with Crippen LogP contribution in [0.5, 0.6) is 5.75 Å². The molecular formula is C17H27ClN2O3. The fraction of sp³-hybridized carbons (Fsp3) is 0.588. The predicted octanol–water partition coefficient (Wildman–Crippen LogP) is 2.73. The molecule has 1 aliphatic carbocycles. The van der Waals surface area contributed by atoms with Gasteiger partial charge in [0.05, 0.1) is 6.10 Å². The molecule has 6 heteroatoms. The van der Waals surface area contributed by atoms with E-state index in [0.717, 1.165) is 50.1 Å². The fourth-order valence-electron chi connectivity index (χ4n) is 2.66. The first-order valence-corrected chi connectivity index (χ1v) is 8.08. The summed E-state index contributed by atoms with van der Waals surface area (Å²) in [5.74, 6) is 0.755. The van der Waals surface area contributed by atoms with Crippen LogP contribution >= 0.6 is 12.4 Å². The lowest BCUT2D eigenvalue weighted by atomic mass is 9.95. The molecule has 3 N–H and O–H groups in total. The van der Waals surface area contributed by atoms with Gasteiger partial charge in [-0.05, 0) is 63.5 Å². The van der Waals surface area contributed by atoms with E-state index in [1.807, 2.05) is 31.3 Å². The molecule has 0 bridgehead atoms. The van der Waals surface area contributed by atoms with E-state index in [2.05, 4.69) is 10.6 Å². The molecule has 2 atom stereocenters. The highest BCUT2D eigenvalue weighted by molar-refractivity contribution is 5.90. The first-order chi connectivity index (χ1) is 10.7. The Labute approximate surface area is 144 Å². The van der Waals surface area contributed by atoms with Crippen molar-refractivity contribution in [1.29, 1.82) is 0 Å². The minimum atomic E-state index is -0.375. The van der Waals surface area contributed by atoms with E-state index in [1.165, 1.54) is 0 Å². The highest BCUT2D eigenvalue weighted by Crippen LogP contribution is 2.24. The van der Waals surface area contributed by atoms with Crippen LogP contribution < -0.4 is 15.4 Å². The van der Waals surface area contributed by atoms with Crippen molar-refractivity contribution in [2.45, 2.75) is 50.7 Å². The third-order valence-corrected chi connectivity index (χ3v) is 3.92. The van der Waals surface area contributed by atoms with Gasteiger partial charge in [0, 0.05) is 12.1 Å². The van der Waals surface area contributed by atoms with Crippen molar-refractivity contribution in [2.24, 2.45) is 0 Å². The molecule has 1 fully saturated rings. The highest BCUT2D eigenvalue weighted by atomic mass is 35.5. The van der Waals surface area contributed by atoms with Crippen LogP contribution in [0.1, 0.15) is 38.5 Å². The van der Waals surface area contributed by atoms with Crippen LogP contribution in [-0.4, -0.2) is 36.8 Å². The summed E-state index contributed by atoms with van der Waals surface area (Å²) in [6.07, 6.45) is 4.71. The zero-order chi connectivity index (χ0) is 15.8. The lowest BCUT2D eigenvalue weighted by Crippen LogP contribution is -2.34. The standard InChI is InChI=1S/C17H26N2O3.ClH/c1-18-12-4-7-17(21)19-13-8-10-14(11-9-13)22-16-6-3-2-5-15(16)20;/h8-11,15-16,18,20H,2-7,12H2,1H3,(H,19,21);1H. The molecule has 1 saturated carbocycles. The number of benzene rings is 1. The van der Waals surface area contributed by atoms with Gasteiger partial charge in [-0.2, -0.15) is 0 Å². The number of anilines is 1. The smallest absolute Gasteiger partial charge is 0.224 e. The summed E-state index contributed by atoms with van der Waals surface area (Å²) >= 11 is 0. The van der Waals surface area contributed by atoms with E-state index in [9.17, 15) is 9.90 Å². The van der Waals surface area contributed by atoms with Crippen molar-refractivity contribution in [2.75, 3.05) is 18.9 Å². The minimum absolute atomic E-state index is 0. The maximum absolute atomic E-state index is 11.7. The van der Waals surface area contributed by atoms with Crippen molar-refractivity contribution in [3.8, 4) is 5.75 Å². The second-order valence-corrected chi connectivity index (χ2v) is 5.79. The number of amides is 1. The van der Waals surface area contributed by atoms with Gasteiger partial charge in [0.25, 0.3) is 0 Å². The van der Waals surface area contributed by atoms with E-state index in [0.29, 0.717) is 6.42 Å². The number of nitrogens with one attached hydrogen (secondary N) is 2. The summed E-state index contributed by atoms with van der Waals surface area (Å²) < 4.78 is 5.84. The maximum Gasteiger partial charge on any atom is 0.224 e. The van der Waals surface area contributed by atoms with Crippen molar-refractivity contribution < 1.29 is 14.6 Å². The number of carbonyl (C=O) groups is 1. The Morgan fingerprint density at radius 1 is 1.26 bits per heavy atom. The van der Waals surface area contributed by atoms with Gasteiger partial charge in [0.1, 0.15) is 11.9 Å². The Bertz CT molecular complexity index is 467. The summed E-state index contributed by atoms with van der Waals surface area (Å²) in [6, 6.07) is 7.34. The first kappa shape index (κ1) is 19.7. The highest BCUT2D eigenvalue weighted by Gasteiger charge is 2.24. The van der Waals surface area contributed by atoms with Crippen LogP contribution in [0.3, 0.4) is 0 Å². The van der Waals surface area contributed by atoms with E-state index < -0.39 is 0 Å². The SMILES string of the molecule is CNCCCC(=O)Nc1ccc(OC2CCCCC2O)cc1.Cl. The van der Waals surface area contributed by atoms with Gasteiger partial charge in [-0.3, -0.25) is 4.79 Å². The normalized spacial score (nSPS) is 20.4. The molecule has 0 spiro atoms. The van der Waals surface area contributed by atoms with Crippen molar-refractivity contribution in [3.05, 3.63) is 24.3 Å². The van der Waals surface area contributed by atoms with Crippen LogP contribution in [0.25, 0.3) is 0 Å². The van der Waals surface area contributed by atoms with Crippen LogP contribution in [0.15, 0.2) is 24.3 Å². The lowest BCUT2D eigenvalue weighted by Gasteiger charge is -2.28. The summed E-state index contributed by atoms with van der Waals surface area (Å²) in [7, 11) is 1.87. The number of aliphatic hydroxyl groups is 1. The van der Waals surface area contributed by atoms with Gasteiger partial charge < -0.3 is 20.5 Å². The van der Waals surface area contributed by atoms with Gasteiger partial charge in [0.2, 0.25) is 5.91 Å². The van der Waals surface area contributed by atoms with Gasteiger partial charge in [-0.25, -0.2) is 0 Å². The van der Waals surface area contributed by atoms with Crippen LogP contribution in [0, 0.1) is 0 Å². The van der Waals surface area contributed by atoms with E-state index in [-0.39, 0.29) is 30.5 Å². The number of halogens is 1. The van der Waals surface area contributed by atoms with Gasteiger partial charge in [0.15, 0.2) is 0 Å². The molecule has 0 aliphatic heterocycles. The molecule has 0 radical (unpaired) electrons. The topological polar surface area (TPSA) is 70.6 Å². The summed E-state index contributed by atoms with van der Waals surface area (Å²) in [5, 5.41) is 15.8. The summed E-state index contributed by atoms with van der Waals surface area (Å²) in [5.41, 5.74) is 0.769. The molecule has 23 heavy (non-hydrogen) atoms. The number of hydrogen-bond acceptors (Lipinski definition) is 4. The predicted molar refractivity (Wildman–Crippen MR) is 94.4 cm³/mol. The van der Waals surface area contributed by atoms with E-state index >= 15 is 0 Å². The quantitative estimate of drug-likeness (QED) is 0.666. The van der Waals surface area contributed by atoms with Gasteiger partial charge in [-0.15, -0.1) is 12.4 Å². The molecule has 0 heterocycles. The Morgan fingerprint density at radius 3 is 2.61 bits per heavy atom. The number of carbonyl (C=O) groups excluding carboxylic acids is 1. The number of rotatable bonds is 7. The number of hydrogen-bond donors (Lipinski definition) is 3. The number of ether oxygens (including phenoxy) is 1. The number of aliphatic hydroxyl groups excluding tert-OH is 1. The second-order valence-electron chi connectivity index (χ2n) is 5.79. The average molecular weight is 343 g/mol. The Hall–Kier alpha value is -1.30. The Morgan fingerprint density at radius 2 is 1.96 bits per heavy atom. The van der Waals surface area contributed by atoms with Crippen LogP contribution in [0.2, 0.25) is 0 Å². The molecule has 2 rings (SSSR count). The Kier molecular flexibility index (Phi) is 8.99. The summed E-state index contributed by atoms with van der Waals surface area (Å²) in [6.45, 7) is 0.837. The zero-order valence-electron chi connectivity index (χ0n) is 13.6. The van der Waals surface area contributed by atoms with Gasteiger partial charge in [-0.1, -0.05) is 6.42 Å². The van der Waals surface area contributed by atoms with Crippen molar-refractivity contribution in [3.63, 3.8) is 0 Å². The molecule has 5 nitrogen and oxygen atoms in total. The maximum atomic E-state index is 11.7. The van der Waals surface area contributed by atoms with E-state index in [4.69, 9.17) is 4.74 Å². The molecule has 2 unspecified atom stereocenters. The molecule has 0 aromatic heterocycles. The van der Waals surface area contributed by atoms with Gasteiger partial charge >= 0.3 is 0 Å². The Balaban J connectivity index is 0.00000264. The molecule has 1 aliphatic rings. The molecule has 1 aromatic rings. The van der Waals surface area contributed by atoms with Crippen LogP contribution in [0.4, 0.5) is 5.69 Å². The molecule has 1 amide bonds. The third kappa shape index (κ3) is 6.77. The molecule has 130 valence electrons. The molecular weight excluding hydrogens is 316 g/mol.